The molecule has 0 aromatic carbocycles. The Morgan fingerprint density at radius 2 is 2.09 bits per heavy atom. The number of thiophene rings is 1. The first kappa shape index (κ1) is 16.0. The molecule has 0 bridgehead atoms. The molecule has 0 unspecified atom stereocenters. The van der Waals surface area contributed by atoms with E-state index in [0.717, 1.165) is 16.9 Å². The van der Waals surface area contributed by atoms with Crippen LogP contribution in [0.1, 0.15) is 30.4 Å². The Morgan fingerprint density at radius 3 is 2.64 bits per heavy atom. The van der Waals surface area contributed by atoms with Crippen LogP contribution in [0.15, 0.2) is 30.6 Å². The van der Waals surface area contributed by atoms with E-state index in [2.05, 4.69) is 10.3 Å². The number of aromatic carboxylic acids is 1. The smallest absolute Gasteiger partial charge is 0.412 e. The summed E-state index contributed by atoms with van der Waals surface area (Å²) in [7, 11) is 0. The Labute approximate surface area is 131 Å². The van der Waals surface area contributed by atoms with Gasteiger partial charge in [0.15, 0.2) is 0 Å². The largest absolute Gasteiger partial charge is 0.477 e. The highest BCUT2D eigenvalue weighted by Crippen LogP contribution is 2.34. The molecule has 0 spiro atoms. The van der Waals surface area contributed by atoms with Crippen LogP contribution >= 0.6 is 11.3 Å². The number of aromatic nitrogens is 1. The number of hydrogen-bond acceptors (Lipinski definition) is 5. The number of pyridine rings is 1. The minimum absolute atomic E-state index is 0.0460. The van der Waals surface area contributed by atoms with Gasteiger partial charge in [0.2, 0.25) is 0 Å². The van der Waals surface area contributed by atoms with E-state index in [1.54, 1.807) is 45.3 Å². The topological polar surface area (TPSA) is 88.5 Å². The van der Waals surface area contributed by atoms with Gasteiger partial charge in [0.25, 0.3) is 0 Å². The van der Waals surface area contributed by atoms with Crippen LogP contribution in [-0.2, 0) is 4.74 Å². The van der Waals surface area contributed by atoms with E-state index in [0.29, 0.717) is 4.88 Å². The predicted molar refractivity (Wildman–Crippen MR) is 84.4 cm³/mol. The molecule has 7 heteroatoms. The molecule has 0 saturated carbocycles. The van der Waals surface area contributed by atoms with Crippen LogP contribution in [0.5, 0.6) is 0 Å². The molecular weight excluding hydrogens is 304 g/mol. The number of rotatable bonds is 3. The number of carboxylic acid groups (broad SMARTS) is 1. The van der Waals surface area contributed by atoms with E-state index in [9.17, 15) is 14.7 Å². The zero-order valence-electron chi connectivity index (χ0n) is 12.4. The van der Waals surface area contributed by atoms with Gasteiger partial charge in [0.05, 0.1) is 5.69 Å². The van der Waals surface area contributed by atoms with Crippen molar-refractivity contribution in [1.82, 2.24) is 4.98 Å². The monoisotopic (exact) mass is 320 g/mol. The van der Waals surface area contributed by atoms with Gasteiger partial charge in [-0.3, -0.25) is 10.3 Å². The molecule has 22 heavy (non-hydrogen) atoms. The quantitative estimate of drug-likeness (QED) is 0.896. The van der Waals surface area contributed by atoms with Gasteiger partial charge in [-0.25, -0.2) is 9.59 Å². The van der Waals surface area contributed by atoms with Gasteiger partial charge in [-0.1, -0.05) is 6.07 Å². The van der Waals surface area contributed by atoms with Crippen molar-refractivity contribution in [3.05, 3.63) is 35.5 Å². The normalized spacial score (nSPS) is 11.0. The first-order valence-corrected chi connectivity index (χ1v) is 7.35. The molecule has 0 atom stereocenters. The molecule has 1 amide bonds. The Bertz CT molecular complexity index is 689. The number of ether oxygens (including phenoxy) is 1. The summed E-state index contributed by atoms with van der Waals surface area (Å²) in [5, 5.41) is 11.8. The highest BCUT2D eigenvalue weighted by atomic mass is 32.1. The van der Waals surface area contributed by atoms with E-state index in [1.807, 2.05) is 6.07 Å². The van der Waals surface area contributed by atoms with Crippen LogP contribution in [0.4, 0.5) is 10.5 Å². The van der Waals surface area contributed by atoms with Crippen molar-refractivity contribution in [2.24, 2.45) is 0 Å². The van der Waals surface area contributed by atoms with Gasteiger partial charge in [-0.15, -0.1) is 11.3 Å². The van der Waals surface area contributed by atoms with Crippen molar-refractivity contribution in [3.8, 4) is 10.4 Å². The number of nitrogens with one attached hydrogen (secondary N) is 1. The third kappa shape index (κ3) is 4.05. The molecule has 0 fully saturated rings. The summed E-state index contributed by atoms with van der Waals surface area (Å²) in [5.74, 6) is -1.11. The van der Waals surface area contributed by atoms with E-state index in [-0.39, 0.29) is 10.6 Å². The summed E-state index contributed by atoms with van der Waals surface area (Å²) >= 11 is 1.07. The molecule has 2 aromatic heterocycles. The van der Waals surface area contributed by atoms with Crippen molar-refractivity contribution in [1.29, 1.82) is 0 Å². The van der Waals surface area contributed by atoms with E-state index >= 15 is 0 Å². The SMILES string of the molecule is CC(C)(C)OC(=O)Nc1cc(-c2cccnc2)sc1C(=O)O. The lowest BCUT2D eigenvalue weighted by atomic mass is 10.2. The summed E-state index contributed by atoms with van der Waals surface area (Å²) in [6.45, 7) is 5.21. The molecule has 116 valence electrons. The van der Waals surface area contributed by atoms with Crippen LogP contribution in [0, 0.1) is 0 Å². The summed E-state index contributed by atoms with van der Waals surface area (Å²) < 4.78 is 5.14. The van der Waals surface area contributed by atoms with Gasteiger partial charge in [0.1, 0.15) is 10.5 Å². The second-order valence-electron chi connectivity index (χ2n) is 5.53. The predicted octanol–water partition coefficient (Wildman–Crippen LogP) is 3.86. The summed E-state index contributed by atoms with van der Waals surface area (Å²) in [6.07, 6.45) is 2.58. The Kier molecular flexibility index (Phi) is 4.46. The maximum absolute atomic E-state index is 11.8. The summed E-state index contributed by atoms with van der Waals surface area (Å²) in [5.41, 5.74) is 0.341. The van der Waals surface area contributed by atoms with Crippen molar-refractivity contribution < 1.29 is 19.4 Å². The van der Waals surface area contributed by atoms with Crippen molar-refractivity contribution in [2.45, 2.75) is 26.4 Å². The molecule has 0 radical (unpaired) electrons. The van der Waals surface area contributed by atoms with Crippen LogP contribution in [0.25, 0.3) is 10.4 Å². The first-order valence-electron chi connectivity index (χ1n) is 6.54. The Morgan fingerprint density at radius 1 is 1.36 bits per heavy atom. The Balaban J connectivity index is 2.29. The third-order valence-corrected chi connectivity index (χ3v) is 3.68. The lowest BCUT2D eigenvalue weighted by molar-refractivity contribution is 0.0636. The molecule has 0 saturated heterocycles. The van der Waals surface area contributed by atoms with Crippen molar-refractivity contribution in [2.75, 3.05) is 5.32 Å². The number of nitrogens with zero attached hydrogens (tertiary/aromatic N) is 1. The maximum atomic E-state index is 11.8. The number of carboxylic acids is 1. The van der Waals surface area contributed by atoms with Crippen LogP contribution < -0.4 is 5.32 Å². The number of carbonyl (C=O) groups is 2. The van der Waals surface area contributed by atoms with E-state index < -0.39 is 17.7 Å². The highest BCUT2D eigenvalue weighted by molar-refractivity contribution is 7.18. The zero-order chi connectivity index (χ0) is 16.3. The summed E-state index contributed by atoms with van der Waals surface area (Å²) in [4.78, 5) is 27.9. The molecule has 0 aliphatic heterocycles. The fraction of sp³-hybridized carbons (Fsp3) is 0.267. The lowest BCUT2D eigenvalue weighted by Crippen LogP contribution is -2.27. The number of hydrogen-bond donors (Lipinski definition) is 2. The molecular formula is C15H16N2O4S. The van der Waals surface area contributed by atoms with E-state index in [4.69, 9.17) is 4.74 Å². The van der Waals surface area contributed by atoms with E-state index in [1.165, 1.54) is 0 Å². The van der Waals surface area contributed by atoms with Crippen molar-refractivity contribution in [3.63, 3.8) is 0 Å². The fourth-order valence-corrected chi connectivity index (χ4v) is 2.65. The first-order chi connectivity index (χ1) is 10.3. The van der Waals surface area contributed by atoms with Crippen LogP contribution in [-0.4, -0.2) is 27.8 Å². The van der Waals surface area contributed by atoms with Gasteiger partial charge < -0.3 is 9.84 Å². The standard InChI is InChI=1S/C15H16N2O4S/c1-15(2,3)21-14(20)17-10-7-11(22-12(10)13(18)19)9-5-4-6-16-8-9/h4-8H,1-3H3,(H,17,20)(H,18,19). The van der Waals surface area contributed by atoms with Gasteiger partial charge in [0, 0.05) is 22.8 Å². The van der Waals surface area contributed by atoms with Crippen LogP contribution in [0.2, 0.25) is 0 Å². The average Bonchev–Trinajstić information content (AvgIpc) is 2.81. The maximum Gasteiger partial charge on any atom is 0.412 e. The highest BCUT2D eigenvalue weighted by Gasteiger charge is 2.21. The molecule has 2 heterocycles. The Hall–Kier alpha value is -2.41. The van der Waals surface area contributed by atoms with Crippen LogP contribution in [0.3, 0.4) is 0 Å². The number of anilines is 1. The van der Waals surface area contributed by atoms with Crippen molar-refractivity contribution >= 4 is 29.1 Å². The second kappa shape index (κ2) is 6.15. The molecule has 0 aliphatic rings. The fourth-order valence-electron chi connectivity index (χ4n) is 1.71. The number of carbonyl (C=O) groups excluding carboxylic acids is 1. The summed E-state index contributed by atoms with van der Waals surface area (Å²) in [6, 6.07) is 5.19. The minimum Gasteiger partial charge on any atom is -0.477 e. The molecule has 2 aromatic rings. The third-order valence-electron chi connectivity index (χ3n) is 2.51. The zero-order valence-corrected chi connectivity index (χ0v) is 13.2. The molecule has 2 rings (SSSR count). The molecule has 2 N–H and O–H groups in total. The number of amides is 1. The second-order valence-corrected chi connectivity index (χ2v) is 6.58. The molecule has 0 aliphatic carbocycles. The van der Waals surface area contributed by atoms with Gasteiger partial charge in [-0.2, -0.15) is 0 Å². The minimum atomic E-state index is -1.11. The lowest BCUT2D eigenvalue weighted by Gasteiger charge is -2.19. The average molecular weight is 320 g/mol. The molecule has 6 nitrogen and oxygen atoms in total. The van der Waals surface area contributed by atoms with Gasteiger partial charge >= 0.3 is 12.1 Å². The van der Waals surface area contributed by atoms with Gasteiger partial charge in [-0.05, 0) is 32.9 Å².